The van der Waals surface area contributed by atoms with Crippen LogP contribution in [0.3, 0.4) is 0 Å². The summed E-state index contributed by atoms with van der Waals surface area (Å²) in [6.07, 6.45) is 5.68. The van der Waals surface area contributed by atoms with Gasteiger partial charge in [0.1, 0.15) is 5.75 Å². The molecule has 0 spiro atoms. The van der Waals surface area contributed by atoms with Crippen LogP contribution in [0, 0.1) is 5.92 Å². The zero-order chi connectivity index (χ0) is 25.1. The average Bonchev–Trinajstić information content (AvgIpc) is 2.83. The van der Waals surface area contributed by atoms with Crippen LogP contribution in [0.4, 0.5) is 0 Å². The van der Waals surface area contributed by atoms with Gasteiger partial charge in [0.2, 0.25) is 0 Å². The van der Waals surface area contributed by atoms with Gasteiger partial charge in [-0.2, -0.15) is 0 Å². The summed E-state index contributed by atoms with van der Waals surface area (Å²) in [5.74, 6) is -2.68. The van der Waals surface area contributed by atoms with Crippen molar-refractivity contribution in [2.75, 3.05) is 13.7 Å². The highest BCUT2D eigenvalue weighted by atomic mass is 16.5. The Hall–Kier alpha value is -4.20. The first-order chi connectivity index (χ1) is 16.3. The van der Waals surface area contributed by atoms with Crippen molar-refractivity contribution in [3.05, 3.63) is 65.2 Å². The number of esters is 1. The predicted molar refractivity (Wildman–Crippen MR) is 126 cm³/mol. The molecule has 2 aromatic carbocycles. The van der Waals surface area contributed by atoms with Crippen molar-refractivity contribution >= 4 is 36.0 Å². The fraction of sp³-hybridized carbons (Fsp3) is 0.231. The second-order valence-electron chi connectivity index (χ2n) is 7.24. The minimum atomic E-state index is -1.13. The van der Waals surface area contributed by atoms with E-state index in [1.807, 2.05) is 0 Å². The Balaban J connectivity index is 2.23. The number of carbonyl (C=O) groups excluding carboxylic acids is 4. The molecule has 2 N–H and O–H groups in total. The summed E-state index contributed by atoms with van der Waals surface area (Å²) < 4.78 is 9.93. The van der Waals surface area contributed by atoms with Crippen LogP contribution < -0.4 is 4.74 Å². The number of phenolic OH excluding ortho intramolecular Hbond substituents is 2. The zero-order valence-corrected chi connectivity index (χ0v) is 18.9. The lowest BCUT2D eigenvalue weighted by Crippen LogP contribution is -2.22. The van der Waals surface area contributed by atoms with Crippen LogP contribution in [0.1, 0.15) is 41.3 Å². The van der Waals surface area contributed by atoms with E-state index in [0.29, 0.717) is 17.4 Å². The van der Waals surface area contributed by atoms with E-state index in [-0.39, 0.29) is 42.3 Å². The minimum Gasteiger partial charge on any atom is -0.507 e. The third-order valence-electron chi connectivity index (χ3n) is 4.89. The summed E-state index contributed by atoms with van der Waals surface area (Å²) in [6.45, 7) is 1.85. The van der Waals surface area contributed by atoms with E-state index in [9.17, 15) is 29.4 Å². The maximum Gasteiger partial charge on any atom is 0.305 e. The highest BCUT2D eigenvalue weighted by Crippen LogP contribution is 2.27. The topological polar surface area (TPSA) is 127 Å². The molecule has 0 aliphatic carbocycles. The number of rotatable bonds is 12. The lowest BCUT2D eigenvalue weighted by atomic mass is 9.92. The molecule has 2 aromatic rings. The summed E-state index contributed by atoms with van der Waals surface area (Å²) in [4.78, 5) is 48.5. The molecule has 0 aliphatic heterocycles. The Kier molecular flexibility index (Phi) is 9.76. The number of carbonyl (C=O) groups is 4. The van der Waals surface area contributed by atoms with Crippen molar-refractivity contribution in [3.63, 3.8) is 0 Å². The van der Waals surface area contributed by atoms with Gasteiger partial charge in [-0.15, -0.1) is 0 Å². The van der Waals surface area contributed by atoms with Crippen LogP contribution in [0.2, 0.25) is 0 Å². The van der Waals surface area contributed by atoms with Gasteiger partial charge in [-0.25, -0.2) is 0 Å². The number of aldehydes is 1. The van der Waals surface area contributed by atoms with Crippen LogP contribution in [0.25, 0.3) is 12.2 Å². The number of allylic oxidation sites excluding steroid dienone is 2. The molecule has 8 heteroatoms. The lowest BCUT2D eigenvalue weighted by Gasteiger charge is -2.11. The number of aromatic hydroxyl groups is 2. The number of phenols is 2. The van der Waals surface area contributed by atoms with Crippen molar-refractivity contribution in [1.29, 1.82) is 0 Å². The molecule has 0 aliphatic rings. The Morgan fingerprint density at radius 3 is 2.09 bits per heavy atom. The van der Waals surface area contributed by atoms with Crippen molar-refractivity contribution in [2.45, 2.75) is 19.8 Å². The van der Waals surface area contributed by atoms with Gasteiger partial charge in [-0.3, -0.25) is 19.2 Å². The Morgan fingerprint density at radius 2 is 1.53 bits per heavy atom. The van der Waals surface area contributed by atoms with Crippen LogP contribution in [0.5, 0.6) is 17.2 Å². The summed E-state index contributed by atoms with van der Waals surface area (Å²) in [7, 11) is 1.40. The van der Waals surface area contributed by atoms with E-state index >= 15 is 0 Å². The van der Waals surface area contributed by atoms with Crippen molar-refractivity contribution < 1.29 is 38.9 Å². The second kappa shape index (κ2) is 12.7. The smallest absolute Gasteiger partial charge is 0.305 e. The summed E-state index contributed by atoms with van der Waals surface area (Å²) in [6, 6.07) is 8.77. The van der Waals surface area contributed by atoms with Crippen molar-refractivity contribution in [2.24, 2.45) is 5.92 Å². The quantitative estimate of drug-likeness (QED) is 0.210. The fourth-order valence-electron chi connectivity index (χ4n) is 3.08. The van der Waals surface area contributed by atoms with Gasteiger partial charge in [-0.1, -0.05) is 24.3 Å². The third-order valence-corrected chi connectivity index (χ3v) is 4.89. The van der Waals surface area contributed by atoms with Gasteiger partial charge in [0.25, 0.3) is 0 Å². The SMILES string of the molecule is CCOC(=O)CCC(C(=O)/C=C/c1ccc(O)c(C=O)c1)C(=O)/C=C/c1ccc(O)c(OC)c1. The molecule has 0 aromatic heterocycles. The van der Waals surface area contributed by atoms with E-state index in [2.05, 4.69) is 0 Å². The van der Waals surface area contributed by atoms with Gasteiger partial charge >= 0.3 is 5.97 Å². The molecule has 1 atom stereocenters. The molecule has 0 radical (unpaired) electrons. The van der Waals surface area contributed by atoms with Crippen LogP contribution in [-0.4, -0.2) is 47.8 Å². The van der Waals surface area contributed by atoms with E-state index in [1.165, 1.54) is 61.7 Å². The minimum absolute atomic E-state index is 0.0424. The predicted octanol–water partition coefficient (Wildman–Crippen LogP) is 3.74. The van der Waals surface area contributed by atoms with Gasteiger partial charge in [0, 0.05) is 6.42 Å². The summed E-state index contributed by atoms with van der Waals surface area (Å²) in [5, 5.41) is 19.3. The van der Waals surface area contributed by atoms with Crippen molar-refractivity contribution in [1.82, 2.24) is 0 Å². The largest absolute Gasteiger partial charge is 0.507 e. The molecule has 0 bridgehead atoms. The first-order valence-corrected chi connectivity index (χ1v) is 10.5. The Morgan fingerprint density at radius 1 is 0.941 bits per heavy atom. The summed E-state index contributed by atoms with van der Waals surface area (Å²) in [5.41, 5.74) is 1.12. The van der Waals surface area contributed by atoms with Crippen LogP contribution in [-0.2, 0) is 19.1 Å². The molecule has 178 valence electrons. The maximum absolute atomic E-state index is 12.9. The van der Waals surface area contributed by atoms with Crippen LogP contribution in [0.15, 0.2) is 48.6 Å². The van der Waals surface area contributed by atoms with E-state index in [1.54, 1.807) is 13.0 Å². The standard InChI is InChI=1S/C26H26O8/c1-3-34-26(32)13-8-20(22(29)10-5-17-4-9-21(28)19(14-17)16-27)23(30)11-6-18-7-12-24(31)25(15-18)33-2/h4-7,9-12,14-16,20,28,31H,3,8,13H2,1-2H3/b10-5+,11-6+. The molecule has 0 saturated carbocycles. The van der Waals surface area contributed by atoms with Gasteiger partial charge in [0.15, 0.2) is 29.4 Å². The molecule has 0 fully saturated rings. The molecule has 2 rings (SSSR count). The number of hydrogen-bond acceptors (Lipinski definition) is 8. The molecule has 0 amide bonds. The highest BCUT2D eigenvalue weighted by molar-refractivity contribution is 6.13. The number of benzene rings is 2. The third kappa shape index (κ3) is 7.44. The molecule has 1 unspecified atom stereocenters. The molecule has 8 nitrogen and oxygen atoms in total. The molecule has 0 heterocycles. The maximum atomic E-state index is 12.9. The Labute approximate surface area is 197 Å². The lowest BCUT2D eigenvalue weighted by molar-refractivity contribution is -0.143. The summed E-state index contributed by atoms with van der Waals surface area (Å²) >= 11 is 0. The van der Waals surface area contributed by atoms with Gasteiger partial charge < -0.3 is 19.7 Å². The molecule has 0 saturated heterocycles. The zero-order valence-electron chi connectivity index (χ0n) is 18.9. The number of ether oxygens (including phenoxy) is 2. The molecular weight excluding hydrogens is 440 g/mol. The number of hydrogen-bond donors (Lipinski definition) is 2. The first-order valence-electron chi connectivity index (χ1n) is 10.5. The first kappa shape index (κ1) is 26.1. The van der Waals surface area contributed by atoms with Crippen LogP contribution >= 0.6 is 0 Å². The Bertz CT molecular complexity index is 1110. The highest BCUT2D eigenvalue weighted by Gasteiger charge is 2.24. The number of ketones is 2. The van der Waals surface area contributed by atoms with Gasteiger partial charge in [0.05, 0.1) is 25.2 Å². The second-order valence-corrected chi connectivity index (χ2v) is 7.24. The number of methoxy groups -OCH3 is 1. The average molecular weight is 466 g/mol. The van der Waals surface area contributed by atoms with E-state index in [0.717, 1.165) is 0 Å². The van der Waals surface area contributed by atoms with E-state index < -0.39 is 23.5 Å². The normalized spacial score (nSPS) is 11.9. The fourth-order valence-corrected chi connectivity index (χ4v) is 3.08. The molecule has 34 heavy (non-hydrogen) atoms. The molecular formula is C26H26O8. The van der Waals surface area contributed by atoms with Gasteiger partial charge in [-0.05, 0) is 60.9 Å². The monoisotopic (exact) mass is 466 g/mol. The van der Waals surface area contributed by atoms with E-state index in [4.69, 9.17) is 9.47 Å². The van der Waals surface area contributed by atoms with Crippen molar-refractivity contribution in [3.8, 4) is 17.2 Å².